The number of nitrogens with one attached hydrogen (secondary N) is 1. The first kappa shape index (κ1) is 23.8. The number of hydrogen-bond donors (Lipinski definition) is 1. The third-order valence-electron chi connectivity index (χ3n) is 4.38. The molecule has 0 atom stereocenters. The van der Waals surface area contributed by atoms with Crippen molar-refractivity contribution >= 4 is 27.3 Å². The van der Waals surface area contributed by atoms with Gasteiger partial charge in [0.05, 0.1) is 4.90 Å². The molecule has 1 amide bonds. The Morgan fingerprint density at radius 3 is 2.38 bits per heavy atom. The molecule has 3 rings (SSSR count). The molecule has 1 aromatic heterocycles. The molecule has 0 bridgehead atoms. The molecule has 3 aromatic rings. The highest BCUT2D eigenvalue weighted by Crippen LogP contribution is 2.27. The van der Waals surface area contributed by atoms with Crippen LogP contribution in [0.1, 0.15) is 20.8 Å². The van der Waals surface area contributed by atoms with Crippen molar-refractivity contribution in [3.63, 3.8) is 0 Å². The summed E-state index contributed by atoms with van der Waals surface area (Å²) in [5.74, 6) is -0.875. The second kappa shape index (κ2) is 9.72. The monoisotopic (exact) mass is 484 g/mol. The summed E-state index contributed by atoms with van der Waals surface area (Å²) in [4.78, 5) is 14.8. The summed E-state index contributed by atoms with van der Waals surface area (Å²) in [5.41, 5.74) is 0.372. The molecular weight excluding hydrogens is 465 g/mol. The summed E-state index contributed by atoms with van der Waals surface area (Å²) in [5, 5.41) is 1.84. The largest absolute Gasteiger partial charge is 0.573 e. The Balaban J connectivity index is 1.68. The van der Waals surface area contributed by atoms with Gasteiger partial charge in [-0.3, -0.25) is 4.79 Å². The maximum atomic E-state index is 12.7. The van der Waals surface area contributed by atoms with E-state index in [2.05, 4.69) is 9.46 Å². The highest BCUT2D eigenvalue weighted by molar-refractivity contribution is 7.89. The van der Waals surface area contributed by atoms with E-state index in [1.807, 2.05) is 17.5 Å². The minimum atomic E-state index is -4.85. The van der Waals surface area contributed by atoms with E-state index in [0.717, 1.165) is 4.88 Å². The first-order valence-electron chi connectivity index (χ1n) is 9.26. The number of amides is 1. The second-order valence-electron chi connectivity index (χ2n) is 6.75. The fourth-order valence-corrected chi connectivity index (χ4v) is 4.59. The maximum Gasteiger partial charge on any atom is 0.573 e. The van der Waals surface area contributed by atoms with Gasteiger partial charge in [0.1, 0.15) is 5.75 Å². The number of thiophene rings is 1. The molecule has 0 aliphatic heterocycles. The van der Waals surface area contributed by atoms with Gasteiger partial charge in [-0.15, -0.1) is 24.5 Å². The van der Waals surface area contributed by atoms with Crippen molar-refractivity contribution < 1.29 is 31.1 Å². The van der Waals surface area contributed by atoms with Gasteiger partial charge >= 0.3 is 6.36 Å². The van der Waals surface area contributed by atoms with Crippen LogP contribution in [0.25, 0.3) is 0 Å². The number of benzene rings is 2. The fraction of sp³-hybridized carbons (Fsp3) is 0.190. The van der Waals surface area contributed by atoms with Crippen molar-refractivity contribution in [1.29, 1.82) is 0 Å². The number of carbonyl (C=O) groups is 1. The van der Waals surface area contributed by atoms with Gasteiger partial charge < -0.3 is 9.64 Å². The number of rotatable bonds is 8. The van der Waals surface area contributed by atoms with Crippen LogP contribution in [0.3, 0.4) is 0 Å². The van der Waals surface area contributed by atoms with E-state index in [-0.39, 0.29) is 29.1 Å². The van der Waals surface area contributed by atoms with Crippen LogP contribution in [0, 0.1) is 0 Å². The van der Waals surface area contributed by atoms with Crippen molar-refractivity contribution in [2.45, 2.75) is 24.3 Å². The van der Waals surface area contributed by atoms with Crippen LogP contribution in [0.15, 0.2) is 70.9 Å². The average Bonchev–Trinajstić information content (AvgIpc) is 3.26. The number of sulfonamides is 1. The van der Waals surface area contributed by atoms with Crippen LogP contribution in [-0.2, 0) is 23.1 Å². The van der Waals surface area contributed by atoms with Crippen molar-refractivity contribution in [2.24, 2.45) is 0 Å². The number of ether oxygens (including phenoxy) is 1. The maximum absolute atomic E-state index is 12.7. The Labute approximate surface area is 187 Å². The molecule has 0 unspecified atom stereocenters. The van der Waals surface area contributed by atoms with Gasteiger partial charge in [0.25, 0.3) is 5.91 Å². The van der Waals surface area contributed by atoms with Crippen LogP contribution in [0.5, 0.6) is 5.75 Å². The zero-order chi connectivity index (χ0) is 23.4. The normalized spacial score (nSPS) is 11.9. The SMILES string of the molecule is CN(Cc1ccccc1OC(F)(F)F)C(=O)c1ccc(S(=O)(=O)NCc2cccs2)cc1. The third-order valence-corrected chi connectivity index (χ3v) is 6.67. The molecule has 0 fully saturated rings. The predicted molar refractivity (Wildman–Crippen MR) is 114 cm³/mol. The Kier molecular flexibility index (Phi) is 7.22. The molecule has 0 aliphatic rings. The molecule has 1 N–H and O–H groups in total. The molecule has 32 heavy (non-hydrogen) atoms. The Bertz CT molecular complexity index is 1160. The van der Waals surface area contributed by atoms with Crippen LogP contribution < -0.4 is 9.46 Å². The van der Waals surface area contributed by atoms with Crippen molar-refractivity contribution in [1.82, 2.24) is 9.62 Å². The van der Waals surface area contributed by atoms with Gasteiger partial charge in [-0.25, -0.2) is 13.1 Å². The topological polar surface area (TPSA) is 75.7 Å². The van der Waals surface area contributed by atoms with E-state index in [1.165, 1.54) is 65.7 Å². The van der Waals surface area contributed by atoms with Crippen molar-refractivity contribution in [3.8, 4) is 5.75 Å². The Hall–Kier alpha value is -2.89. The van der Waals surface area contributed by atoms with Crippen LogP contribution in [-0.4, -0.2) is 32.6 Å². The standard InChI is InChI=1S/C21H19F3N2O4S2/c1-26(14-16-5-2-3-7-19(16)30-21(22,23)24)20(27)15-8-10-18(11-9-15)32(28,29)25-13-17-6-4-12-31-17/h2-12,25H,13-14H2,1H3. The van der Waals surface area contributed by atoms with Gasteiger partial charge in [0.15, 0.2) is 0 Å². The zero-order valence-electron chi connectivity index (χ0n) is 16.8. The average molecular weight is 485 g/mol. The van der Waals surface area contributed by atoms with E-state index < -0.39 is 28.0 Å². The van der Waals surface area contributed by atoms with Gasteiger partial charge in [0, 0.05) is 36.1 Å². The number of para-hydroxylation sites is 1. The van der Waals surface area contributed by atoms with Gasteiger partial charge in [0.2, 0.25) is 10.0 Å². The van der Waals surface area contributed by atoms with Crippen LogP contribution in [0.2, 0.25) is 0 Å². The minimum absolute atomic E-state index is 0.00261. The molecule has 0 saturated heterocycles. The molecule has 0 radical (unpaired) electrons. The fourth-order valence-electron chi connectivity index (χ4n) is 2.85. The third kappa shape index (κ3) is 6.31. The first-order chi connectivity index (χ1) is 15.0. The van der Waals surface area contributed by atoms with Gasteiger partial charge in [-0.1, -0.05) is 24.3 Å². The number of nitrogens with zero attached hydrogens (tertiary/aromatic N) is 1. The van der Waals surface area contributed by atoms with E-state index in [4.69, 9.17) is 0 Å². The number of halogens is 3. The highest BCUT2D eigenvalue weighted by atomic mass is 32.2. The molecule has 0 aliphatic carbocycles. The summed E-state index contributed by atoms with van der Waals surface area (Å²) in [7, 11) is -2.33. The molecule has 11 heteroatoms. The molecule has 0 spiro atoms. The summed E-state index contributed by atoms with van der Waals surface area (Å²) in [6.07, 6.45) is -4.85. The van der Waals surface area contributed by atoms with Gasteiger partial charge in [-0.2, -0.15) is 0 Å². The van der Waals surface area contributed by atoms with Gasteiger partial charge in [-0.05, 0) is 41.8 Å². The smallest absolute Gasteiger partial charge is 0.405 e. The first-order valence-corrected chi connectivity index (χ1v) is 11.6. The zero-order valence-corrected chi connectivity index (χ0v) is 18.4. The van der Waals surface area contributed by atoms with E-state index in [1.54, 1.807) is 6.07 Å². The highest BCUT2D eigenvalue weighted by Gasteiger charge is 2.32. The Morgan fingerprint density at radius 1 is 1.06 bits per heavy atom. The predicted octanol–water partition coefficient (Wildman–Crippen LogP) is 4.40. The summed E-state index contributed by atoms with van der Waals surface area (Å²) >= 11 is 1.42. The molecule has 170 valence electrons. The summed E-state index contributed by atoms with van der Waals surface area (Å²) in [6, 6.07) is 14.5. The molecule has 2 aromatic carbocycles. The lowest BCUT2D eigenvalue weighted by Crippen LogP contribution is -2.27. The van der Waals surface area contributed by atoms with E-state index in [0.29, 0.717) is 0 Å². The van der Waals surface area contributed by atoms with Crippen LogP contribution in [0.4, 0.5) is 13.2 Å². The molecule has 6 nitrogen and oxygen atoms in total. The van der Waals surface area contributed by atoms with Crippen LogP contribution >= 0.6 is 11.3 Å². The number of hydrogen-bond acceptors (Lipinski definition) is 5. The lowest BCUT2D eigenvalue weighted by atomic mass is 10.1. The minimum Gasteiger partial charge on any atom is -0.405 e. The lowest BCUT2D eigenvalue weighted by molar-refractivity contribution is -0.275. The number of carbonyl (C=O) groups excluding carboxylic acids is 1. The van der Waals surface area contributed by atoms with Crippen molar-refractivity contribution in [3.05, 3.63) is 82.0 Å². The molecule has 1 heterocycles. The lowest BCUT2D eigenvalue weighted by Gasteiger charge is -2.20. The Morgan fingerprint density at radius 2 is 1.75 bits per heavy atom. The van der Waals surface area contributed by atoms with Crippen molar-refractivity contribution in [2.75, 3.05) is 7.05 Å². The molecule has 0 saturated carbocycles. The summed E-state index contributed by atoms with van der Waals surface area (Å²) < 4.78 is 69.1. The summed E-state index contributed by atoms with van der Waals surface area (Å²) in [6.45, 7) is 0.0241. The van der Waals surface area contributed by atoms with E-state index in [9.17, 15) is 26.4 Å². The quantitative estimate of drug-likeness (QED) is 0.514. The molecular formula is C21H19F3N2O4S2. The second-order valence-corrected chi connectivity index (χ2v) is 9.54. The van der Waals surface area contributed by atoms with E-state index >= 15 is 0 Å². The number of alkyl halides is 3.